The van der Waals surface area contributed by atoms with Crippen LogP contribution in [0.15, 0.2) is 50.8 Å². The van der Waals surface area contributed by atoms with Gasteiger partial charge in [-0.15, -0.1) is 11.8 Å². The van der Waals surface area contributed by atoms with E-state index in [2.05, 4.69) is 50.7 Å². The largest absolute Gasteiger partial charge is 0.359 e. The normalized spacial score (nSPS) is 18.2. The van der Waals surface area contributed by atoms with Crippen LogP contribution in [0.3, 0.4) is 0 Å². The van der Waals surface area contributed by atoms with Crippen molar-refractivity contribution in [3.8, 4) is 0 Å². The fourth-order valence-electron chi connectivity index (χ4n) is 2.89. The smallest absolute Gasteiger partial charge is 0.194 e. The third kappa shape index (κ3) is 4.54. The van der Waals surface area contributed by atoms with Gasteiger partial charge in [0, 0.05) is 36.9 Å². The molecule has 1 aliphatic rings. The van der Waals surface area contributed by atoms with Crippen molar-refractivity contribution < 1.29 is 4.52 Å². The van der Waals surface area contributed by atoms with Gasteiger partial charge in [0.2, 0.25) is 0 Å². The monoisotopic (exact) mass is 344 g/mol. The lowest BCUT2D eigenvalue weighted by Crippen LogP contribution is -2.39. The number of guanidine groups is 1. The lowest BCUT2D eigenvalue weighted by atomic mass is 10.2. The van der Waals surface area contributed by atoms with Gasteiger partial charge in [0.1, 0.15) is 0 Å². The van der Waals surface area contributed by atoms with E-state index in [1.165, 1.54) is 11.3 Å². The number of hydrogen-bond acceptors (Lipinski definition) is 4. The van der Waals surface area contributed by atoms with Gasteiger partial charge in [-0.25, -0.2) is 0 Å². The van der Waals surface area contributed by atoms with Crippen LogP contribution in [0.5, 0.6) is 0 Å². The third-order valence-electron chi connectivity index (χ3n) is 4.12. The Kier molecular flexibility index (Phi) is 5.80. The molecule has 0 saturated carbocycles. The molecule has 1 aromatic carbocycles. The molecule has 3 rings (SSSR count). The zero-order valence-electron chi connectivity index (χ0n) is 14.2. The molecule has 5 nitrogen and oxygen atoms in total. The minimum atomic E-state index is 0.618. The molecule has 1 aliphatic heterocycles. The number of hydrogen-bond donors (Lipinski definition) is 1. The van der Waals surface area contributed by atoms with Gasteiger partial charge in [-0.05, 0) is 31.4 Å². The molecule has 1 fully saturated rings. The highest BCUT2D eigenvalue weighted by molar-refractivity contribution is 7.99. The van der Waals surface area contributed by atoms with Crippen molar-refractivity contribution in [2.75, 3.05) is 25.9 Å². The molecule has 0 amide bonds. The highest BCUT2D eigenvalue weighted by Gasteiger charge is 2.25. The third-order valence-corrected chi connectivity index (χ3v) is 5.37. The molecule has 1 atom stereocenters. The minimum absolute atomic E-state index is 0.618. The summed E-state index contributed by atoms with van der Waals surface area (Å²) in [6, 6.07) is 12.6. The van der Waals surface area contributed by atoms with Crippen LogP contribution in [-0.4, -0.2) is 41.9 Å². The first-order chi connectivity index (χ1) is 11.7. The van der Waals surface area contributed by atoms with Gasteiger partial charge in [0.15, 0.2) is 11.7 Å². The molecule has 1 saturated heterocycles. The molecule has 2 heterocycles. The first-order valence-corrected chi connectivity index (χ1v) is 9.29. The standard InChI is InChI=1S/C18H24N4OS/c1-14-10-16(23-21-14)11-20-18(19-2)22-9-8-15(12-22)13-24-17-6-4-3-5-7-17/h3-7,10,15H,8-9,11-13H2,1-2H3,(H,19,20). The average Bonchev–Trinajstić information content (AvgIpc) is 3.24. The van der Waals surface area contributed by atoms with Crippen molar-refractivity contribution in [3.05, 3.63) is 47.9 Å². The van der Waals surface area contributed by atoms with E-state index in [4.69, 9.17) is 4.52 Å². The summed E-state index contributed by atoms with van der Waals surface area (Å²) in [5.41, 5.74) is 0.904. The van der Waals surface area contributed by atoms with Crippen LogP contribution in [-0.2, 0) is 6.54 Å². The molecule has 0 spiro atoms. The van der Waals surface area contributed by atoms with Crippen LogP contribution >= 0.6 is 11.8 Å². The zero-order valence-corrected chi connectivity index (χ0v) is 15.1. The minimum Gasteiger partial charge on any atom is -0.359 e. The van der Waals surface area contributed by atoms with Gasteiger partial charge < -0.3 is 14.7 Å². The summed E-state index contributed by atoms with van der Waals surface area (Å²) < 4.78 is 5.24. The fourth-order valence-corrected chi connectivity index (χ4v) is 3.94. The molecule has 128 valence electrons. The molecule has 2 aromatic rings. The SMILES string of the molecule is CN=C(NCc1cc(C)no1)N1CCC(CSc2ccccc2)C1. The molecule has 0 radical (unpaired) electrons. The fraction of sp³-hybridized carbons (Fsp3) is 0.444. The molecule has 0 bridgehead atoms. The summed E-state index contributed by atoms with van der Waals surface area (Å²) in [5, 5.41) is 7.28. The Hall–Kier alpha value is -1.95. The Balaban J connectivity index is 1.46. The van der Waals surface area contributed by atoms with Crippen molar-refractivity contribution in [2.45, 2.75) is 24.8 Å². The topological polar surface area (TPSA) is 53.7 Å². The number of thioether (sulfide) groups is 1. The predicted octanol–water partition coefficient (Wildman–Crippen LogP) is 3.17. The Labute approximate surface area is 147 Å². The van der Waals surface area contributed by atoms with Crippen LogP contribution in [0, 0.1) is 12.8 Å². The number of aliphatic imine (C=N–C) groups is 1. The maximum atomic E-state index is 5.24. The number of aryl methyl sites for hydroxylation is 1. The van der Waals surface area contributed by atoms with Crippen molar-refractivity contribution in [1.82, 2.24) is 15.4 Å². The van der Waals surface area contributed by atoms with E-state index >= 15 is 0 Å². The van der Waals surface area contributed by atoms with Crippen LogP contribution < -0.4 is 5.32 Å². The first kappa shape index (κ1) is 16.9. The van der Waals surface area contributed by atoms with Crippen LogP contribution in [0.25, 0.3) is 0 Å². The number of benzene rings is 1. The van der Waals surface area contributed by atoms with Crippen LogP contribution in [0.2, 0.25) is 0 Å². The summed E-state index contributed by atoms with van der Waals surface area (Å²) in [6.07, 6.45) is 1.21. The molecule has 1 unspecified atom stereocenters. The van der Waals surface area contributed by atoms with Gasteiger partial charge in [-0.1, -0.05) is 23.4 Å². The lowest BCUT2D eigenvalue weighted by Gasteiger charge is -2.21. The van der Waals surface area contributed by atoms with E-state index < -0.39 is 0 Å². The summed E-state index contributed by atoms with van der Waals surface area (Å²) in [7, 11) is 1.83. The second kappa shape index (κ2) is 8.24. The molecule has 1 N–H and O–H groups in total. The van der Waals surface area contributed by atoms with Crippen LogP contribution in [0.1, 0.15) is 17.9 Å². The van der Waals surface area contributed by atoms with E-state index in [1.807, 2.05) is 31.8 Å². The Bertz CT molecular complexity index is 671. The molecular formula is C18H24N4OS. The van der Waals surface area contributed by atoms with Gasteiger partial charge in [0.05, 0.1) is 12.2 Å². The maximum Gasteiger partial charge on any atom is 0.194 e. The van der Waals surface area contributed by atoms with Crippen molar-refractivity contribution in [1.29, 1.82) is 0 Å². The summed E-state index contributed by atoms with van der Waals surface area (Å²) in [6.45, 7) is 4.65. The number of rotatable bonds is 5. The van der Waals surface area contributed by atoms with Gasteiger partial charge in [-0.2, -0.15) is 0 Å². The molecule has 24 heavy (non-hydrogen) atoms. The van der Waals surface area contributed by atoms with Crippen molar-refractivity contribution in [2.24, 2.45) is 10.9 Å². The van der Waals surface area contributed by atoms with Gasteiger partial charge in [-0.3, -0.25) is 4.99 Å². The van der Waals surface area contributed by atoms with Crippen LogP contribution in [0.4, 0.5) is 0 Å². The predicted molar refractivity (Wildman–Crippen MR) is 98.3 cm³/mol. The highest BCUT2D eigenvalue weighted by Crippen LogP contribution is 2.25. The summed E-state index contributed by atoms with van der Waals surface area (Å²) >= 11 is 1.94. The molecule has 6 heteroatoms. The number of aromatic nitrogens is 1. The first-order valence-electron chi connectivity index (χ1n) is 8.30. The second-order valence-electron chi connectivity index (χ2n) is 6.06. The highest BCUT2D eigenvalue weighted by atomic mass is 32.2. The summed E-state index contributed by atoms with van der Waals surface area (Å²) in [5.74, 6) is 3.63. The van der Waals surface area contributed by atoms with E-state index in [9.17, 15) is 0 Å². The maximum absolute atomic E-state index is 5.24. The van der Waals surface area contributed by atoms with E-state index in [-0.39, 0.29) is 0 Å². The summed E-state index contributed by atoms with van der Waals surface area (Å²) in [4.78, 5) is 8.09. The second-order valence-corrected chi connectivity index (χ2v) is 7.15. The molecule has 0 aliphatic carbocycles. The van der Waals surface area contributed by atoms with Gasteiger partial charge >= 0.3 is 0 Å². The quantitative estimate of drug-likeness (QED) is 0.513. The Morgan fingerprint density at radius 3 is 2.96 bits per heavy atom. The van der Waals surface area contributed by atoms with Gasteiger partial charge in [0.25, 0.3) is 0 Å². The lowest BCUT2D eigenvalue weighted by molar-refractivity contribution is 0.373. The van der Waals surface area contributed by atoms with Crippen molar-refractivity contribution in [3.63, 3.8) is 0 Å². The van der Waals surface area contributed by atoms with E-state index in [0.717, 1.165) is 36.3 Å². The Morgan fingerprint density at radius 2 is 2.25 bits per heavy atom. The number of likely N-dealkylation sites (tertiary alicyclic amines) is 1. The Morgan fingerprint density at radius 1 is 1.42 bits per heavy atom. The van der Waals surface area contributed by atoms with E-state index in [0.29, 0.717) is 12.5 Å². The van der Waals surface area contributed by atoms with E-state index in [1.54, 1.807) is 0 Å². The zero-order chi connectivity index (χ0) is 16.8. The van der Waals surface area contributed by atoms with Crippen molar-refractivity contribution >= 4 is 17.7 Å². The number of nitrogens with zero attached hydrogens (tertiary/aromatic N) is 3. The molecule has 1 aromatic heterocycles. The molecular weight excluding hydrogens is 320 g/mol. The average molecular weight is 344 g/mol. The number of nitrogens with one attached hydrogen (secondary N) is 1.